The van der Waals surface area contributed by atoms with Crippen LogP contribution >= 0.6 is 11.6 Å². The standard InChI is InChI=1S/C26H34ClN7O4S/c1-31(2)26-28-10-9-23(30-26)33-11-5-4-6-20(33)15-34-21(17-38-3)14-32(16-25(34)35)39(36,37)24-13-18-12-19(27)7-8-22(18)29-24/h7-10,12-13,20-21,29H,4-6,11,14-17H2,1-3H3/t20?,21-/m1/s1. The summed E-state index contributed by atoms with van der Waals surface area (Å²) in [4.78, 5) is 31.5. The number of hydrogen-bond donors (Lipinski definition) is 1. The molecule has 13 heteroatoms. The number of halogens is 1. The minimum Gasteiger partial charge on any atom is -0.382 e. The first-order valence-corrected chi connectivity index (χ1v) is 14.8. The number of carbonyl (C=O) groups is 1. The number of H-pyrrole nitrogens is 1. The van der Waals surface area contributed by atoms with Gasteiger partial charge in [-0.15, -0.1) is 0 Å². The molecule has 2 atom stereocenters. The van der Waals surface area contributed by atoms with Crippen molar-refractivity contribution in [3.63, 3.8) is 0 Å². The number of carbonyl (C=O) groups excluding carboxylic acids is 1. The molecule has 11 nitrogen and oxygen atoms in total. The number of piperazine rings is 1. The number of fused-ring (bicyclic) bond motifs is 1. The van der Waals surface area contributed by atoms with E-state index < -0.39 is 16.1 Å². The second-order valence-electron chi connectivity index (χ2n) is 10.3. The summed E-state index contributed by atoms with van der Waals surface area (Å²) in [7, 11) is 1.42. The largest absolute Gasteiger partial charge is 0.382 e. The van der Waals surface area contributed by atoms with Crippen LogP contribution in [0.15, 0.2) is 41.6 Å². The summed E-state index contributed by atoms with van der Waals surface area (Å²) in [5, 5.41) is 1.25. The number of piperidine rings is 1. The molecule has 2 saturated heterocycles. The predicted octanol–water partition coefficient (Wildman–Crippen LogP) is 2.58. The van der Waals surface area contributed by atoms with Crippen LogP contribution in [0, 0.1) is 0 Å². The van der Waals surface area contributed by atoms with Gasteiger partial charge in [0, 0.05) is 69.0 Å². The van der Waals surface area contributed by atoms with E-state index in [1.54, 1.807) is 42.5 Å². The monoisotopic (exact) mass is 575 g/mol. The maximum Gasteiger partial charge on any atom is 0.259 e. The van der Waals surface area contributed by atoms with E-state index in [1.807, 2.05) is 25.1 Å². The van der Waals surface area contributed by atoms with Gasteiger partial charge in [0.1, 0.15) is 10.8 Å². The molecule has 0 radical (unpaired) electrons. The highest BCUT2D eigenvalue weighted by Gasteiger charge is 2.41. The Labute approximate surface area is 233 Å². The van der Waals surface area contributed by atoms with Crippen molar-refractivity contribution in [3.8, 4) is 0 Å². The number of methoxy groups -OCH3 is 1. The molecule has 2 fully saturated rings. The van der Waals surface area contributed by atoms with Crippen molar-refractivity contribution in [3.05, 3.63) is 41.6 Å². The van der Waals surface area contributed by atoms with Gasteiger partial charge in [0.25, 0.3) is 10.0 Å². The van der Waals surface area contributed by atoms with Gasteiger partial charge in [0.05, 0.1) is 19.2 Å². The van der Waals surface area contributed by atoms with Crippen LogP contribution in [0.5, 0.6) is 0 Å². The van der Waals surface area contributed by atoms with Crippen LogP contribution in [0.4, 0.5) is 11.8 Å². The zero-order valence-electron chi connectivity index (χ0n) is 22.4. The number of rotatable bonds is 8. The van der Waals surface area contributed by atoms with Gasteiger partial charge >= 0.3 is 0 Å². The van der Waals surface area contributed by atoms with Crippen molar-refractivity contribution >= 4 is 50.2 Å². The first-order chi connectivity index (χ1) is 18.7. The van der Waals surface area contributed by atoms with E-state index in [4.69, 9.17) is 21.3 Å². The molecule has 0 aliphatic carbocycles. The molecule has 210 valence electrons. The molecular weight excluding hydrogens is 542 g/mol. The number of benzene rings is 1. The number of hydrogen-bond acceptors (Lipinski definition) is 8. The zero-order valence-corrected chi connectivity index (χ0v) is 24.0. The van der Waals surface area contributed by atoms with Crippen LogP contribution in [0.25, 0.3) is 10.9 Å². The van der Waals surface area contributed by atoms with E-state index in [1.165, 1.54) is 4.31 Å². The van der Waals surface area contributed by atoms with Crippen molar-refractivity contribution in [2.45, 2.75) is 36.4 Å². The molecule has 39 heavy (non-hydrogen) atoms. The lowest BCUT2D eigenvalue weighted by Crippen LogP contribution is -2.62. The summed E-state index contributed by atoms with van der Waals surface area (Å²) in [5.74, 6) is 1.21. The molecule has 1 N–H and O–H groups in total. The van der Waals surface area contributed by atoms with Crippen molar-refractivity contribution in [1.82, 2.24) is 24.2 Å². The van der Waals surface area contributed by atoms with Crippen molar-refractivity contribution in [1.29, 1.82) is 0 Å². The summed E-state index contributed by atoms with van der Waals surface area (Å²) < 4.78 is 33.9. The molecular formula is C26H34ClN7O4S. The Morgan fingerprint density at radius 3 is 2.77 bits per heavy atom. The Kier molecular flexibility index (Phi) is 7.99. The van der Waals surface area contributed by atoms with Crippen LogP contribution in [-0.2, 0) is 19.6 Å². The van der Waals surface area contributed by atoms with Gasteiger partial charge in [-0.3, -0.25) is 4.79 Å². The minimum absolute atomic E-state index is 0.0381. The normalized spacial score (nSPS) is 21.1. The molecule has 2 aromatic heterocycles. The van der Waals surface area contributed by atoms with E-state index in [2.05, 4.69) is 14.9 Å². The van der Waals surface area contributed by atoms with Crippen molar-refractivity contribution in [2.75, 3.05) is 63.8 Å². The third-order valence-corrected chi connectivity index (χ3v) is 9.35. The van der Waals surface area contributed by atoms with E-state index >= 15 is 0 Å². The van der Waals surface area contributed by atoms with Crippen LogP contribution < -0.4 is 9.80 Å². The lowest BCUT2D eigenvalue weighted by molar-refractivity contribution is -0.139. The van der Waals surface area contributed by atoms with Gasteiger partial charge in [-0.1, -0.05) is 11.6 Å². The molecule has 3 aromatic rings. The zero-order chi connectivity index (χ0) is 27.7. The topological polar surface area (TPSA) is 115 Å². The lowest BCUT2D eigenvalue weighted by atomic mass is 10.00. The molecule has 1 amide bonds. The molecule has 4 heterocycles. The van der Waals surface area contributed by atoms with E-state index in [0.717, 1.165) is 31.6 Å². The van der Waals surface area contributed by atoms with Gasteiger partial charge < -0.3 is 24.4 Å². The summed E-state index contributed by atoms with van der Waals surface area (Å²) in [6.07, 6.45) is 4.75. The Balaban J connectivity index is 1.37. The summed E-state index contributed by atoms with van der Waals surface area (Å²) in [6, 6.07) is 8.23. The molecule has 1 aromatic carbocycles. The molecule has 0 saturated carbocycles. The third-order valence-electron chi connectivity index (χ3n) is 7.38. The predicted molar refractivity (Wildman–Crippen MR) is 151 cm³/mol. The van der Waals surface area contributed by atoms with Crippen molar-refractivity contribution < 1.29 is 17.9 Å². The van der Waals surface area contributed by atoms with Crippen LogP contribution in [0.2, 0.25) is 5.02 Å². The number of amides is 1. The smallest absolute Gasteiger partial charge is 0.259 e. The molecule has 2 aliphatic rings. The number of nitrogens with zero attached hydrogens (tertiary/aromatic N) is 6. The highest BCUT2D eigenvalue weighted by Crippen LogP contribution is 2.29. The molecule has 2 aliphatic heterocycles. The highest BCUT2D eigenvalue weighted by molar-refractivity contribution is 7.89. The average molecular weight is 576 g/mol. The van der Waals surface area contributed by atoms with Gasteiger partial charge in [0.15, 0.2) is 0 Å². The Bertz CT molecular complexity index is 1450. The number of aromatic amines is 1. The lowest BCUT2D eigenvalue weighted by Gasteiger charge is -2.45. The van der Waals surface area contributed by atoms with Crippen molar-refractivity contribution in [2.24, 2.45) is 0 Å². The number of ether oxygens (including phenoxy) is 1. The van der Waals surface area contributed by atoms with Gasteiger partial charge in [-0.05, 0) is 49.6 Å². The first-order valence-electron chi connectivity index (χ1n) is 13.0. The maximum absolute atomic E-state index is 13.6. The molecule has 0 bridgehead atoms. The van der Waals surface area contributed by atoms with E-state index in [9.17, 15) is 13.2 Å². The summed E-state index contributed by atoms with van der Waals surface area (Å²) in [6.45, 7) is 1.43. The maximum atomic E-state index is 13.6. The fourth-order valence-electron chi connectivity index (χ4n) is 5.40. The second kappa shape index (κ2) is 11.3. The second-order valence-corrected chi connectivity index (χ2v) is 12.6. The fraction of sp³-hybridized carbons (Fsp3) is 0.500. The average Bonchev–Trinajstić information content (AvgIpc) is 3.35. The molecule has 1 unspecified atom stereocenters. The Morgan fingerprint density at radius 2 is 2.00 bits per heavy atom. The first kappa shape index (κ1) is 27.6. The fourth-order valence-corrected chi connectivity index (χ4v) is 7.02. The number of nitrogens with one attached hydrogen (secondary N) is 1. The summed E-state index contributed by atoms with van der Waals surface area (Å²) in [5.41, 5.74) is 0.663. The van der Waals surface area contributed by atoms with Gasteiger partial charge in [-0.25, -0.2) is 13.4 Å². The van der Waals surface area contributed by atoms with Gasteiger partial charge in [0.2, 0.25) is 11.9 Å². The molecule has 0 spiro atoms. The van der Waals surface area contributed by atoms with E-state index in [-0.39, 0.29) is 36.7 Å². The van der Waals surface area contributed by atoms with Crippen LogP contribution in [0.1, 0.15) is 19.3 Å². The quantitative estimate of drug-likeness (QED) is 0.436. The SMILES string of the molecule is COC[C@H]1CN(S(=O)(=O)c2cc3cc(Cl)ccc3[nH]2)CC(=O)N1CC1CCCCN1c1ccnc(N(C)C)n1. The highest BCUT2D eigenvalue weighted by atomic mass is 35.5. The molecule has 5 rings (SSSR count). The van der Waals surface area contributed by atoms with Crippen LogP contribution in [0.3, 0.4) is 0 Å². The van der Waals surface area contributed by atoms with E-state index in [0.29, 0.717) is 28.4 Å². The summed E-state index contributed by atoms with van der Waals surface area (Å²) >= 11 is 6.08. The van der Waals surface area contributed by atoms with Gasteiger partial charge in [-0.2, -0.15) is 9.29 Å². The Hall–Kier alpha value is -2.93. The number of anilines is 2. The minimum atomic E-state index is -3.94. The number of aromatic nitrogens is 3. The number of sulfonamides is 1. The third kappa shape index (κ3) is 5.69. The van der Waals surface area contributed by atoms with Crippen LogP contribution in [-0.4, -0.2) is 105 Å². The Morgan fingerprint density at radius 1 is 1.18 bits per heavy atom.